The van der Waals surface area contributed by atoms with Gasteiger partial charge in [-0.2, -0.15) is 0 Å². The average Bonchev–Trinajstić information content (AvgIpc) is 2.66. The molecule has 0 saturated heterocycles. The molecule has 27 heavy (non-hydrogen) atoms. The molecule has 0 bridgehead atoms. The third kappa shape index (κ3) is 9.03. The van der Waals surface area contributed by atoms with Gasteiger partial charge in [-0.1, -0.05) is 29.4 Å². The number of benzene rings is 1. The molecule has 0 spiro atoms. The van der Waals surface area contributed by atoms with E-state index in [4.69, 9.17) is 5.53 Å². The summed E-state index contributed by atoms with van der Waals surface area (Å²) >= 11 is 0. The van der Waals surface area contributed by atoms with E-state index in [1.807, 2.05) is 0 Å². The van der Waals surface area contributed by atoms with Gasteiger partial charge in [0.15, 0.2) is 0 Å². The summed E-state index contributed by atoms with van der Waals surface area (Å²) in [5, 5.41) is 17.4. The highest BCUT2D eigenvalue weighted by molar-refractivity contribution is 5.88. The van der Waals surface area contributed by atoms with Crippen LogP contribution in [0.2, 0.25) is 0 Å². The number of unbranched alkanes of at least 4 members (excludes halogenated alkanes) is 1. The Morgan fingerprint density at radius 2 is 1.89 bits per heavy atom. The van der Waals surface area contributed by atoms with Gasteiger partial charge in [0.1, 0.15) is 12.3 Å². The fraction of sp³-hybridized carbons (Fsp3) is 0.412. The molecule has 10 heteroatoms. The zero-order valence-electron chi connectivity index (χ0n) is 14.6. The molecule has 1 aromatic rings. The molecule has 10 nitrogen and oxygen atoms in total. The summed E-state index contributed by atoms with van der Waals surface area (Å²) in [5.41, 5.74) is 9.41. The van der Waals surface area contributed by atoms with E-state index in [1.54, 1.807) is 24.3 Å². The van der Waals surface area contributed by atoms with Crippen molar-refractivity contribution in [3.05, 3.63) is 45.8 Å². The van der Waals surface area contributed by atoms with Crippen molar-refractivity contribution in [3.8, 4) is 0 Å². The lowest BCUT2D eigenvalue weighted by atomic mass is 10.1. The van der Waals surface area contributed by atoms with Crippen LogP contribution in [-0.2, 0) is 20.9 Å². The second-order valence-corrected chi connectivity index (χ2v) is 5.71. The minimum atomic E-state index is -1.33. The van der Waals surface area contributed by atoms with Gasteiger partial charge in [0, 0.05) is 30.0 Å². The van der Waals surface area contributed by atoms with E-state index in [0.717, 1.165) is 5.56 Å². The number of amides is 2. The lowest BCUT2D eigenvalue weighted by molar-refractivity contribution is -0.143. The van der Waals surface area contributed by atoms with E-state index in [1.165, 1.54) is 0 Å². The molecular formula is C17H21N5O5. The predicted molar refractivity (Wildman–Crippen MR) is 95.7 cm³/mol. The third-order valence-electron chi connectivity index (χ3n) is 3.60. The summed E-state index contributed by atoms with van der Waals surface area (Å²) in [7, 11) is 0. The van der Waals surface area contributed by atoms with Crippen LogP contribution in [0.15, 0.2) is 29.4 Å². The molecule has 0 aliphatic heterocycles. The van der Waals surface area contributed by atoms with Crippen molar-refractivity contribution in [3.63, 3.8) is 0 Å². The maximum absolute atomic E-state index is 11.9. The number of carbonyl (C=O) groups excluding carboxylic acids is 3. The molecule has 0 radical (unpaired) electrons. The Kier molecular flexibility index (Phi) is 9.66. The van der Waals surface area contributed by atoms with E-state index in [2.05, 4.69) is 20.7 Å². The van der Waals surface area contributed by atoms with Crippen molar-refractivity contribution >= 4 is 24.1 Å². The minimum Gasteiger partial charge on any atom is -0.480 e. The molecule has 2 amide bonds. The number of aldehydes is 1. The molecule has 3 N–H and O–H groups in total. The van der Waals surface area contributed by atoms with E-state index < -0.39 is 30.2 Å². The highest BCUT2D eigenvalue weighted by Gasteiger charge is 2.22. The Labute approximate surface area is 155 Å². The zero-order valence-corrected chi connectivity index (χ0v) is 14.6. The van der Waals surface area contributed by atoms with Crippen LogP contribution in [0.1, 0.15) is 41.6 Å². The van der Waals surface area contributed by atoms with Crippen molar-refractivity contribution in [1.29, 1.82) is 0 Å². The summed E-state index contributed by atoms with van der Waals surface area (Å²) in [5.74, 6) is -2.31. The summed E-state index contributed by atoms with van der Waals surface area (Å²) in [6, 6.07) is 5.24. The third-order valence-corrected chi connectivity index (χ3v) is 3.60. The number of carboxylic acids is 1. The fourth-order valence-corrected chi connectivity index (χ4v) is 2.15. The molecule has 1 atom stereocenters. The van der Waals surface area contributed by atoms with Gasteiger partial charge in [0.25, 0.3) is 0 Å². The molecule has 0 heterocycles. The van der Waals surface area contributed by atoms with Crippen LogP contribution < -0.4 is 10.6 Å². The lowest BCUT2D eigenvalue weighted by Crippen LogP contribution is -2.44. The summed E-state index contributed by atoms with van der Waals surface area (Å²) < 4.78 is 0. The zero-order chi connectivity index (χ0) is 20.1. The maximum atomic E-state index is 11.9. The van der Waals surface area contributed by atoms with Crippen LogP contribution in [0.5, 0.6) is 0 Å². The number of carbonyl (C=O) groups is 4. The van der Waals surface area contributed by atoms with Gasteiger partial charge < -0.3 is 15.7 Å². The highest BCUT2D eigenvalue weighted by Crippen LogP contribution is 2.03. The van der Waals surface area contributed by atoms with Crippen molar-refractivity contribution in [2.24, 2.45) is 5.11 Å². The topological polar surface area (TPSA) is 161 Å². The van der Waals surface area contributed by atoms with Crippen LogP contribution in [-0.4, -0.2) is 41.8 Å². The molecule has 1 rings (SSSR count). The maximum Gasteiger partial charge on any atom is 0.326 e. The summed E-state index contributed by atoms with van der Waals surface area (Å²) in [6.45, 7) is 0.444. The predicted octanol–water partition coefficient (Wildman–Crippen LogP) is 1.56. The second kappa shape index (κ2) is 12.0. The van der Waals surface area contributed by atoms with Gasteiger partial charge >= 0.3 is 5.97 Å². The Morgan fingerprint density at radius 3 is 2.48 bits per heavy atom. The molecule has 1 unspecified atom stereocenters. The molecule has 0 fully saturated rings. The highest BCUT2D eigenvalue weighted by atomic mass is 16.4. The van der Waals surface area contributed by atoms with Crippen LogP contribution in [0.4, 0.5) is 0 Å². The molecule has 144 valence electrons. The monoisotopic (exact) mass is 375 g/mol. The average molecular weight is 375 g/mol. The minimum absolute atomic E-state index is 0.0788. The Bertz CT molecular complexity index is 713. The molecule has 0 saturated carbocycles. The SMILES string of the molecule is [N-]=[N+]=NCCCCC(=O)NC(CC(=O)NCc1ccc(C=O)cc1)C(=O)O. The van der Waals surface area contributed by atoms with Crippen molar-refractivity contribution in [2.75, 3.05) is 6.54 Å². The molecule has 0 aliphatic carbocycles. The van der Waals surface area contributed by atoms with Gasteiger partial charge in [-0.25, -0.2) is 4.79 Å². The number of rotatable bonds is 12. The Morgan fingerprint density at radius 1 is 1.19 bits per heavy atom. The van der Waals surface area contributed by atoms with Crippen molar-refractivity contribution < 1.29 is 24.3 Å². The van der Waals surface area contributed by atoms with Crippen LogP contribution in [0.25, 0.3) is 10.4 Å². The summed E-state index contributed by atoms with van der Waals surface area (Å²) in [4.78, 5) is 48.1. The second-order valence-electron chi connectivity index (χ2n) is 5.71. The van der Waals surface area contributed by atoms with Crippen LogP contribution in [0, 0.1) is 0 Å². The van der Waals surface area contributed by atoms with E-state index in [-0.39, 0.29) is 19.5 Å². The van der Waals surface area contributed by atoms with Gasteiger partial charge in [-0.15, -0.1) is 0 Å². The first-order valence-corrected chi connectivity index (χ1v) is 8.30. The smallest absolute Gasteiger partial charge is 0.326 e. The lowest BCUT2D eigenvalue weighted by Gasteiger charge is -2.14. The quantitative estimate of drug-likeness (QED) is 0.166. The van der Waals surface area contributed by atoms with Crippen molar-refractivity contribution in [2.45, 2.75) is 38.3 Å². The first kappa shape index (κ1) is 21.7. The summed E-state index contributed by atoms with van der Waals surface area (Å²) in [6.07, 6.45) is 1.35. The van der Waals surface area contributed by atoms with E-state index in [9.17, 15) is 24.3 Å². The Hall–Kier alpha value is -3.39. The normalized spacial score (nSPS) is 11.0. The number of hydrogen-bond acceptors (Lipinski definition) is 5. The number of carboxylic acid groups (broad SMARTS) is 1. The van der Waals surface area contributed by atoms with Gasteiger partial charge in [0.05, 0.1) is 6.42 Å². The standard InChI is InChI=1S/C17H21N5O5/c18-22-20-8-2-1-3-15(24)21-14(17(26)27)9-16(25)19-10-12-4-6-13(11-23)7-5-12/h4-7,11,14H,1-3,8-10H2,(H,19,25)(H,21,24)(H,26,27). The number of azide groups is 1. The first-order chi connectivity index (χ1) is 13.0. The Balaban J connectivity index is 2.41. The number of nitrogens with one attached hydrogen (secondary N) is 2. The number of hydrogen-bond donors (Lipinski definition) is 3. The molecule has 0 aliphatic rings. The van der Waals surface area contributed by atoms with E-state index >= 15 is 0 Å². The number of aliphatic carboxylic acids is 1. The molecule has 1 aromatic carbocycles. The van der Waals surface area contributed by atoms with Crippen LogP contribution in [0.3, 0.4) is 0 Å². The molecular weight excluding hydrogens is 354 g/mol. The molecule has 0 aromatic heterocycles. The fourth-order valence-electron chi connectivity index (χ4n) is 2.15. The van der Waals surface area contributed by atoms with Gasteiger partial charge in [-0.3, -0.25) is 14.4 Å². The van der Waals surface area contributed by atoms with E-state index in [0.29, 0.717) is 24.7 Å². The number of nitrogens with zero attached hydrogens (tertiary/aromatic N) is 3. The largest absolute Gasteiger partial charge is 0.480 e. The van der Waals surface area contributed by atoms with Gasteiger partial charge in [0.2, 0.25) is 11.8 Å². The van der Waals surface area contributed by atoms with Crippen molar-refractivity contribution in [1.82, 2.24) is 10.6 Å². The van der Waals surface area contributed by atoms with Crippen LogP contribution >= 0.6 is 0 Å². The first-order valence-electron chi connectivity index (χ1n) is 8.30. The van der Waals surface area contributed by atoms with Gasteiger partial charge in [-0.05, 0) is 23.9 Å².